The Morgan fingerprint density at radius 2 is 0.731 bits per heavy atom. The van der Waals surface area contributed by atoms with E-state index in [-0.39, 0.29) is 12.6 Å². The molecule has 10 heteroatoms. The molecule has 2 aliphatic heterocycles. The van der Waals surface area contributed by atoms with E-state index >= 15 is 0 Å². The van der Waals surface area contributed by atoms with Crippen molar-refractivity contribution >= 4 is 0 Å². The SMILES string of the molecule is CC(OCCOCCOCCOC(C)OC1CCC(CC2CCC(OCC3CO3)CC2)CC1)OC1CCC(CC2CCC(OCC3CO3)CC2)CC1. The van der Waals surface area contributed by atoms with Crippen LogP contribution in [0.25, 0.3) is 0 Å². The van der Waals surface area contributed by atoms with Crippen LogP contribution in [0.15, 0.2) is 0 Å². The highest BCUT2D eigenvalue weighted by Crippen LogP contribution is 2.38. The van der Waals surface area contributed by atoms with E-state index in [0.717, 1.165) is 75.8 Å². The molecule has 0 bridgehead atoms. The van der Waals surface area contributed by atoms with Gasteiger partial charge in [-0.3, -0.25) is 0 Å². The van der Waals surface area contributed by atoms with Crippen LogP contribution in [0.1, 0.15) is 129 Å². The van der Waals surface area contributed by atoms with Gasteiger partial charge < -0.3 is 47.4 Å². The highest BCUT2D eigenvalue weighted by Gasteiger charge is 2.32. The third-order valence-electron chi connectivity index (χ3n) is 12.6. The summed E-state index contributed by atoms with van der Waals surface area (Å²) in [6.07, 6.45) is 24.6. The highest BCUT2D eigenvalue weighted by atomic mass is 16.7. The summed E-state index contributed by atoms with van der Waals surface area (Å²) in [7, 11) is 0. The summed E-state index contributed by atoms with van der Waals surface area (Å²) in [4.78, 5) is 0. The van der Waals surface area contributed by atoms with Crippen molar-refractivity contribution in [3.63, 3.8) is 0 Å². The monoisotopic (exact) mass is 739 g/mol. The molecule has 302 valence electrons. The zero-order valence-corrected chi connectivity index (χ0v) is 32.8. The fraction of sp³-hybridized carbons (Fsp3) is 1.00. The van der Waals surface area contributed by atoms with Crippen LogP contribution < -0.4 is 0 Å². The minimum atomic E-state index is -0.197. The van der Waals surface area contributed by atoms with Gasteiger partial charge in [0.05, 0.1) is 90.5 Å². The summed E-state index contributed by atoms with van der Waals surface area (Å²) >= 11 is 0. The Bertz CT molecular complexity index is 842. The van der Waals surface area contributed by atoms with Gasteiger partial charge in [0.2, 0.25) is 0 Å². The molecule has 52 heavy (non-hydrogen) atoms. The fourth-order valence-corrected chi connectivity index (χ4v) is 9.32. The Kier molecular flexibility index (Phi) is 18.2. The molecule has 6 fully saturated rings. The number of epoxide rings is 2. The Hall–Kier alpha value is -0.400. The number of hydrogen-bond donors (Lipinski definition) is 0. The van der Waals surface area contributed by atoms with Crippen molar-refractivity contribution in [2.75, 3.05) is 66.1 Å². The Morgan fingerprint density at radius 3 is 1.06 bits per heavy atom. The van der Waals surface area contributed by atoms with Crippen molar-refractivity contribution in [2.24, 2.45) is 23.7 Å². The zero-order chi connectivity index (χ0) is 35.8. The van der Waals surface area contributed by atoms with Gasteiger partial charge in [0, 0.05) is 0 Å². The molecule has 0 aromatic rings. The van der Waals surface area contributed by atoms with Crippen LogP contribution >= 0.6 is 0 Å². The van der Waals surface area contributed by atoms with Crippen molar-refractivity contribution < 1.29 is 47.4 Å². The van der Waals surface area contributed by atoms with E-state index in [9.17, 15) is 0 Å². The van der Waals surface area contributed by atoms with E-state index in [2.05, 4.69) is 0 Å². The molecule has 2 heterocycles. The summed E-state index contributed by atoms with van der Waals surface area (Å²) in [5.41, 5.74) is 0. The van der Waals surface area contributed by atoms with Crippen molar-refractivity contribution in [3.8, 4) is 0 Å². The molecular weight excluding hydrogens is 664 g/mol. The van der Waals surface area contributed by atoms with E-state index in [1.807, 2.05) is 13.8 Å². The lowest BCUT2D eigenvalue weighted by Gasteiger charge is -2.34. The third-order valence-corrected chi connectivity index (χ3v) is 12.6. The lowest BCUT2D eigenvalue weighted by atomic mass is 9.76. The Balaban J connectivity index is 0.673. The average molecular weight is 739 g/mol. The molecule has 0 aromatic heterocycles. The van der Waals surface area contributed by atoms with Crippen LogP contribution in [0.2, 0.25) is 0 Å². The molecule has 0 amide bonds. The van der Waals surface area contributed by atoms with E-state index in [4.69, 9.17) is 47.4 Å². The molecule has 0 radical (unpaired) electrons. The molecule has 0 aromatic carbocycles. The van der Waals surface area contributed by atoms with Gasteiger partial charge in [-0.15, -0.1) is 0 Å². The minimum absolute atomic E-state index is 0.197. The van der Waals surface area contributed by atoms with Gasteiger partial charge in [-0.2, -0.15) is 0 Å². The second-order valence-electron chi connectivity index (χ2n) is 17.0. The van der Waals surface area contributed by atoms with Gasteiger partial charge in [-0.1, -0.05) is 0 Å². The Labute approximate surface area is 315 Å². The second-order valence-corrected chi connectivity index (χ2v) is 17.0. The molecule has 10 nitrogen and oxygen atoms in total. The van der Waals surface area contributed by atoms with Crippen molar-refractivity contribution in [1.29, 1.82) is 0 Å². The first-order valence-corrected chi connectivity index (χ1v) is 21.7. The van der Waals surface area contributed by atoms with Gasteiger partial charge in [0.25, 0.3) is 0 Å². The first-order valence-electron chi connectivity index (χ1n) is 21.7. The number of ether oxygens (including phenoxy) is 10. The Morgan fingerprint density at radius 1 is 0.423 bits per heavy atom. The van der Waals surface area contributed by atoms with E-state index < -0.39 is 0 Å². The molecular formula is C42H74O10. The molecule has 4 saturated carbocycles. The highest BCUT2D eigenvalue weighted by molar-refractivity contribution is 4.82. The smallest absolute Gasteiger partial charge is 0.155 e. The molecule has 2 saturated heterocycles. The van der Waals surface area contributed by atoms with Crippen LogP contribution in [-0.2, 0) is 47.4 Å². The van der Waals surface area contributed by atoms with Crippen LogP contribution in [0.5, 0.6) is 0 Å². The molecule has 0 N–H and O–H groups in total. The lowest BCUT2D eigenvalue weighted by molar-refractivity contribution is -0.177. The number of hydrogen-bond acceptors (Lipinski definition) is 10. The summed E-state index contributed by atoms with van der Waals surface area (Å²) in [6.45, 7) is 10.7. The number of rotatable bonds is 25. The minimum Gasteiger partial charge on any atom is -0.377 e. The van der Waals surface area contributed by atoms with E-state index in [1.165, 1.54) is 89.9 Å². The largest absolute Gasteiger partial charge is 0.377 e. The maximum Gasteiger partial charge on any atom is 0.155 e. The van der Waals surface area contributed by atoms with Gasteiger partial charge in [0.1, 0.15) is 12.2 Å². The molecule has 4 aliphatic carbocycles. The normalized spacial score (nSPS) is 36.3. The maximum absolute atomic E-state index is 6.22. The third kappa shape index (κ3) is 16.4. The zero-order valence-electron chi connectivity index (χ0n) is 32.8. The molecule has 6 aliphatic rings. The predicted molar refractivity (Wildman–Crippen MR) is 198 cm³/mol. The lowest BCUT2D eigenvalue weighted by Crippen LogP contribution is -2.29. The maximum atomic E-state index is 6.22. The topological polar surface area (TPSA) is 98.9 Å². The summed E-state index contributed by atoms with van der Waals surface area (Å²) in [5.74, 6) is 3.46. The summed E-state index contributed by atoms with van der Waals surface area (Å²) in [6, 6.07) is 0. The molecule has 0 spiro atoms. The van der Waals surface area contributed by atoms with E-state index in [0.29, 0.717) is 76.3 Å². The standard InChI is InChI=1S/C42H74O10/c1-31(51-39-15-7-35(8-16-39)25-33-3-11-37(12-4-33)47-27-41-29-49-41)45-23-21-43-19-20-44-22-24-46-32(2)52-40-17-9-36(10-18-40)26-34-5-13-38(14-6-34)48-28-42-30-50-42/h31-42H,3-30H2,1-2H3. The predicted octanol–water partition coefficient (Wildman–Crippen LogP) is 7.62. The van der Waals surface area contributed by atoms with Crippen molar-refractivity contribution in [2.45, 2.75) is 179 Å². The molecule has 6 rings (SSSR count). The second kappa shape index (κ2) is 23.0. The van der Waals surface area contributed by atoms with Gasteiger partial charge in [-0.05, 0) is 153 Å². The average Bonchev–Trinajstić information content (AvgIpc) is 4.10. The van der Waals surface area contributed by atoms with Gasteiger partial charge in [0.15, 0.2) is 12.6 Å². The summed E-state index contributed by atoms with van der Waals surface area (Å²) in [5, 5.41) is 0. The van der Waals surface area contributed by atoms with Crippen LogP contribution in [0, 0.1) is 23.7 Å². The van der Waals surface area contributed by atoms with Crippen LogP contribution in [0.3, 0.4) is 0 Å². The fourth-order valence-electron chi connectivity index (χ4n) is 9.32. The first kappa shape index (κ1) is 41.2. The van der Waals surface area contributed by atoms with Crippen molar-refractivity contribution in [3.05, 3.63) is 0 Å². The van der Waals surface area contributed by atoms with Gasteiger partial charge >= 0.3 is 0 Å². The quantitative estimate of drug-likeness (QED) is 0.0529. The molecule has 4 atom stereocenters. The summed E-state index contributed by atoms with van der Waals surface area (Å²) < 4.78 is 58.3. The van der Waals surface area contributed by atoms with Gasteiger partial charge in [-0.25, -0.2) is 0 Å². The van der Waals surface area contributed by atoms with E-state index in [1.54, 1.807) is 0 Å². The van der Waals surface area contributed by atoms with Crippen LogP contribution in [-0.4, -0.2) is 115 Å². The van der Waals surface area contributed by atoms with Crippen LogP contribution in [0.4, 0.5) is 0 Å². The molecule has 4 unspecified atom stereocenters. The first-order chi connectivity index (χ1) is 25.5. The van der Waals surface area contributed by atoms with Crippen molar-refractivity contribution in [1.82, 2.24) is 0 Å².